The summed E-state index contributed by atoms with van der Waals surface area (Å²) in [4.78, 5) is 4.88. The van der Waals surface area contributed by atoms with Crippen molar-refractivity contribution in [3.05, 3.63) is 94.3 Å². The summed E-state index contributed by atoms with van der Waals surface area (Å²) in [5.74, 6) is 5.15. The molecule has 0 radical (unpaired) electrons. The number of benzene rings is 2. The van der Waals surface area contributed by atoms with Gasteiger partial charge in [0.25, 0.3) is 0 Å². The maximum Gasteiger partial charge on any atom is 0.394 e. The summed E-state index contributed by atoms with van der Waals surface area (Å²) in [7, 11) is 0. The fraction of sp³-hybridized carbons (Fsp3) is 0.447. The van der Waals surface area contributed by atoms with Crippen molar-refractivity contribution >= 4 is 11.8 Å². The van der Waals surface area contributed by atoms with Gasteiger partial charge >= 0.3 is 12.8 Å². The van der Waals surface area contributed by atoms with Crippen molar-refractivity contribution in [3.8, 4) is 17.6 Å². The SMILES string of the molecule is CCCC#CC1=C(C2C=CC(=CC(C)C(C)C3(C(F)(F)F)CC3)C=N2)CC(c2ccc(F)cc2)C(C)c2cc(OC(F)F)ccc21. The Morgan fingerprint density at radius 2 is 1.80 bits per heavy atom. The highest BCUT2D eigenvalue weighted by atomic mass is 19.4. The molecule has 244 valence electrons. The predicted octanol–water partition coefficient (Wildman–Crippen LogP) is 10.8. The molecule has 46 heavy (non-hydrogen) atoms. The van der Waals surface area contributed by atoms with Crippen molar-refractivity contribution in [3.63, 3.8) is 0 Å². The molecule has 5 atom stereocenters. The van der Waals surface area contributed by atoms with E-state index in [9.17, 15) is 26.3 Å². The van der Waals surface area contributed by atoms with Crippen LogP contribution in [0.15, 0.2) is 76.8 Å². The van der Waals surface area contributed by atoms with Gasteiger partial charge in [-0.05, 0) is 108 Å². The lowest BCUT2D eigenvalue weighted by molar-refractivity contribution is -0.204. The Bertz CT molecular complexity index is 1580. The minimum atomic E-state index is -4.22. The number of dihydropyridines is 1. The molecule has 2 aromatic rings. The molecule has 5 rings (SSSR count). The molecule has 0 saturated heterocycles. The first kappa shape index (κ1) is 33.6. The number of allylic oxidation sites excluding steroid dienone is 4. The molecule has 1 heterocycles. The summed E-state index contributed by atoms with van der Waals surface area (Å²) in [6.45, 7) is 4.59. The number of alkyl halides is 5. The first-order chi connectivity index (χ1) is 21.8. The Kier molecular flexibility index (Phi) is 9.91. The molecule has 0 aromatic heterocycles. The molecule has 0 spiro atoms. The Balaban J connectivity index is 1.56. The maximum absolute atomic E-state index is 13.9. The zero-order chi connectivity index (χ0) is 33.2. The van der Waals surface area contributed by atoms with Gasteiger partial charge in [-0.15, -0.1) is 0 Å². The van der Waals surface area contributed by atoms with E-state index in [1.165, 1.54) is 18.2 Å². The van der Waals surface area contributed by atoms with Gasteiger partial charge in [-0.3, -0.25) is 4.99 Å². The third kappa shape index (κ3) is 6.99. The largest absolute Gasteiger partial charge is 0.435 e. The lowest BCUT2D eigenvalue weighted by atomic mass is 9.79. The Labute approximate surface area is 267 Å². The topological polar surface area (TPSA) is 21.6 Å². The Morgan fingerprint density at radius 1 is 1.09 bits per heavy atom. The number of aliphatic imine (C=N–C) groups is 1. The molecule has 1 fully saturated rings. The number of fused-ring (bicyclic) bond motifs is 1. The summed E-state index contributed by atoms with van der Waals surface area (Å²) in [5.41, 5.74) is 3.35. The summed E-state index contributed by atoms with van der Waals surface area (Å²) >= 11 is 0. The van der Waals surface area contributed by atoms with Crippen molar-refractivity contribution < 1.29 is 31.1 Å². The van der Waals surface area contributed by atoms with Crippen LogP contribution in [0.3, 0.4) is 0 Å². The maximum atomic E-state index is 13.9. The van der Waals surface area contributed by atoms with Crippen LogP contribution in [0.2, 0.25) is 0 Å². The zero-order valence-corrected chi connectivity index (χ0v) is 26.5. The van der Waals surface area contributed by atoms with Crippen molar-refractivity contribution in [2.45, 2.75) is 90.5 Å². The quantitative estimate of drug-likeness (QED) is 0.208. The molecule has 0 N–H and O–H groups in total. The monoisotopic (exact) mass is 639 g/mol. The van der Waals surface area contributed by atoms with E-state index in [4.69, 9.17) is 9.73 Å². The zero-order valence-electron chi connectivity index (χ0n) is 26.5. The molecule has 8 heteroatoms. The van der Waals surface area contributed by atoms with Crippen molar-refractivity contribution in [1.82, 2.24) is 0 Å². The smallest absolute Gasteiger partial charge is 0.394 e. The molecule has 2 nitrogen and oxygen atoms in total. The first-order valence-corrected chi connectivity index (χ1v) is 15.9. The van der Waals surface area contributed by atoms with Crippen LogP contribution in [-0.4, -0.2) is 25.0 Å². The van der Waals surface area contributed by atoms with Gasteiger partial charge in [-0.2, -0.15) is 22.0 Å². The summed E-state index contributed by atoms with van der Waals surface area (Å²) in [5, 5.41) is 0. The van der Waals surface area contributed by atoms with Gasteiger partial charge in [0.2, 0.25) is 0 Å². The van der Waals surface area contributed by atoms with Crippen molar-refractivity contribution in [2.75, 3.05) is 0 Å². The van der Waals surface area contributed by atoms with E-state index >= 15 is 0 Å². The standard InChI is InChI=1S/C38H39F6NO/c1-5-6-7-8-30-31-15-14-29(46-36(40)41)20-33(31)24(3)32(27-10-12-28(39)13-11-27)21-34(30)35-16-9-26(22-45-35)19-23(2)25(4)37(17-18-37)38(42,43)44/h9-16,19-20,22-25,32,35-36H,5-6,17-18,21H2,1-4H3. The molecule has 0 amide bonds. The molecular formula is C38H39F6NO. The second kappa shape index (κ2) is 13.6. The average molecular weight is 640 g/mol. The van der Waals surface area contributed by atoms with Gasteiger partial charge in [0.05, 0.1) is 11.5 Å². The van der Waals surface area contributed by atoms with Gasteiger partial charge in [0, 0.05) is 18.2 Å². The molecule has 5 unspecified atom stereocenters. The van der Waals surface area contributed by atoms with Gasteiger partial charge < -0.3 is 4.74 Å². The van der Waals surface area contributed by atoms with Gasteiger partial charge in [0.15, 0.2) is 0 Å². The molecule has 0 bridgehead atoms. The minimum Gasteiger partial charge on any atom is -0.435 e. The second-order valence-corrected chi connectivity index (χ2v) is 12.8. The first-order valence-electron chi connectivity index (χ1n) is 15.9. The van der Waals surface area contributed by atoms with Crippen LogP contribution in [0.25, 0.3) is 5.57 Å². The van der Waals surface area contributed by atoms with E-state index in [2.05, 4.69) is 11.8 Å². The van der Waals surface area contributed by atoms with Crippen LogP contribution in [0.4, 0.5) is 26.3 Å². The predicted molar refractivity (Wildman–Crippen MR) is 170 cm³/mol. The van der Waals surface area contributed by atoms with E-state index < -0.39 is 30.2 Å². The summed E-state index contributed by atoms with van der Waals surface area (Å²) in [6.07, 6.45) is 5.59. The lowest BCUT2D eigenvalue weighted by Crippen LogP contribution is -2.33. The van der Waals surface area contributed by atoms with E-state index in [-0.39, 0.29) is 42.2 Å². The number of hydrogen-bond acceptors (Lipinski definition) is 2. The molecule has 2 aliphatic carbocycles. The molecule has 1 aliphatic heterocycles. The fourth-order valence-electron chi connectivity index (χ4n) is 6.88. The van der Waals surface area contributed by atoms with Gasteiger partial charge in [-0.25, -0.2) is 4.39 Å². The fourth-order valence-corrected chi connectivity index (χ4v) is 6.88. The van der Waals surface area contributed by atoms with E-state index in [0.29, 0.717) is 12.8 Å². The number of nitrogens with zero attached hydrogens (tertiary/aromatic N) is 1. The van der Waals surface area contributed by atoms with Crippen molar-refractivity contribution in [2.24, 2.45) is 22.2 Å². The van der Waals surface area contributed by atoms with Crippen LogP contribution in [0.5, 0.6) is 5.75 Å². The minimum absolute atomic E-state index is 0.0509. The van der Waals surface area contributed by atoms with E-state index in [0.717, 1.165) is 39.8 Å². The second-order valence-electron chi connectivity index (χ2n) is 12.8. The third-order valence-corrected chi connectivity index (χ3v) is 9.94. The lowest BCUT2D eigenvalue weighted by Gasteiger charge is -2.30. The number of hydrogen-bond donors (Lipinski definition) is 0. The van der Waals surface area contributed by atoms with Gasteiger partial charge in [0.1, 0.15) is 11.6 Å². The molecule has 3 aliphatic rings. The molecule has 1 saturated carbocycles. The number of ether oxygens (including phenoxy) is 1. The van der Waals surface area contributed by atoms with Crippen LogP contribution < -0.4 is 4.74 Å². The molecule has 2 aromatic carbocycles. The van der Waals surface area contributed by atoms with Crippen LogP contribution in [0, 0.1) is 34.9 Å². The van der Waals surface area contributed by atoms with E-state index in [1.54, 1.807) is 37.4 Å². The highest BCUT2D eigenvalue weighted by Gasteiger charge is 2.66. The average Bonchev–Trinajstić information content (AvgIpc) is 3.84. The molecular weight excluding hydrogens is 600 g/mol. The highest BCUT2D eigenvalue weighted by Crippen LogP contribution is 2.64. The third-order valence-electron chi connectivity index (χ3n) is 9.94. The number of halogens is 6. The number of rotatable bonds is 8. The van der Waals surface area contributed by atoms with Crippen LogP contribution in [0.1, 0.15) is 88.3 Å². The van der Waals surface area contributed by atoms with E-state index in [1.807, 2.05) is 39.0 Å². The van der Waals surface area contributed by atoms with Crippen LogP contribution >= 0.6 is 0 Å². The number of unbranched alkanes of at least 4 members (excludes halogenated alkanes) is 1. The summed E-state index contributed by atoms with van der Waals surface area (Å²) in [6, 6.07) is 10.9. The Hall–Kier alpha value is -3.73. The van der Waals surface area contributed by atoms with Gasteiger partial charge in [-0.1, -0.05) is 69.9 Å². The summed E-state index contributed by atoms with van der Waals surface area (Å²) < 4.78 is 86.4. The van der Waals surface area contributed by atoms with Crippen molar-refractivity contribution in [1.29, 1.82) is 0 Å². The Morgan fingerprint density at radius 3 is 2.39 bits per heavy atom. The van der Waals surface area contributed by atoms with Crippen LogP contribution in [-0.2, 0) is 0 Å². The normalized spacial score (nSPS) is 24.2. The highest BCUT2D eigenvalue weighted by molar-refractivity contribution is 5.88.